The van der Waals surface area contributed by atoms with Crippen molar-refractivity contribution in [1.29, 1.82) is 0 Å². The first-order valence-corrected chi connectivity index (χ1v) is 4.62. The maximum atomic E-state index is 12.7. The van der Waals surface area contributed by atoms with Gasteiger partial charge in [0, 0.05) is 6.20 Å². The lowest BCUT2D eigenvalue weighted by Gasteiger charge is -1.99. The lowest BCUT2D eigenvalue weighted by Crippen LogP contribution is -1.99. The standard InChI is InChI=1S/C10H6FN5/c11-7-1-2-10(13-5-7)16-9-3-4-12-6-8(9)14-15-16/h1-6H. The zero-order valence-electron chi connectivity index (χ0n) is 8.08. The van der Waals surface area contributed by atoms with Crippen molar-refractivity contribution in [3.63, 3.8) is 0 Å². The highest BCUT2D eigenvalue weighted by Gasteiger charge is 2.06. The summed E-state index contributed by atoms with van der Waals surface area (Å²) >= 11 is 0. The molecule has 0 aliphatic heterocycles. The number of halogens is 1. The van der Waals surface area contributed by atoms with Crippen LogP contribution in [0.2, 0.25) is 0 Å². The third kappa shape index (κ3) is 1.31. The fourth-order valence-electron chi connectivity index (χ4n) is 1.44. The summed E-state index contributed by atoms with van der Waals surface area (Å²) in [5.74, 6) is 0.143. The highest BCUT2D eigenvalue weighted by atomic mass is 19.1. The first-order chi connectivity index (χ1) is 7.84. The molecule has 0 amide bonds. The number of hydrogen-bond acceptors (Lipinski definition) is 4. The second-order valence-corrected chi connectivity index (χ2v) is 3.20. The second-order valence-electron chi connectivity index (χ2n) is 3.20. The average Bonchev–Trinajstić information content (AvgIpc) is 2.74. The normalized spacial score (nSPS) is 10.8. The molecule has 3 aromatic rings. The van der Waals surface area contributed by atoms with Crippen molar-refractivity contribution in [2.75, 3.05) is 0 Å². The molecule has 0 saturated heterocycles. The van der Waals surface area contributed by atoms with Crippen molar-refractivity contribution >= 4 is 11.0 Å². The van der Waals surface area contributed by atoms with Crippen LogP contribution in [0.25, 0.3) is 16.9 Å². The number of rotatable bonds is 1. The van der Waals surface area contributed by atoms with Gasteiger partial charge in [-0.25, -0.2) is 9.37 Å². The van der Waals surface area contributed by atoms with Crippen LogP contribution in [-0.2, 0) is 0 Å². The molecule has 0 aliphatic carbocycles. The van der Waals surface area contributed by atoms with E-state index in [0.717, 1.165) is 11.7 Å². The van der Waals surface area contributed by atoms with Gasteiger partial charge in [-0.2, -0.15) is 4.68 Å². The summed E-state index contributed by atoms with van der Waals surface area (Å²) in [5.41, 5.74) is 1.46. The van der Waals surface area contributed by atoms with Crippen LogP contribution < -0.4 is 0 Å². The summed E-state index contributed by atoms with van der Waals surface area (Å²) in [4.78, 5) is 7.87. The van der Waals surface area contributed by atoms with Gasteiger partial charge < -0.3 is 0 Å². The molecule has 0 fully saturated rings. The Bertz CT molecular complexity index is 631. The molecule has 0 aliphatic rings. The molecule has 78 valence electrons. The lowest BCUT2D eigenvalue weighted by atomic mass is 10.4. The lowest BCUT2D eigenvalue weighted by molar-refractivity contribution is 0.619. The summed E-state index contributed by atoms with van der Waals surface area (Å²) in [6.07, 6.45) is 4.40. The minimum absolute atomic E-state index is 0.380. The summed E-state index contributed by atoms with van der Waals surface area (Å²) in [7, 11) is 0. The molecule has 6 heteroatoms. The Morgan fingerprint density at radius 2 is 2.06 bits per heavy atom. The van der Waals surface area contributed by atoms with Crippen molar-refractivity contribution in [2.45, 2.75) is 0 Å². The van der Waals surface area contributed by atoms with Crippen LogP contribution in [0, 0.1) is 5.82 Å². The number of nitrogens with zero attached hydrogens (tertiary/aromatic N) is 5. The van der Waals surface area contributed by atoms with Crippen molar-refractivity contribution < 1.29 is 4.39 Å². The first kappa shape index (κ1) is 8.90. The van der Waals surface area contributed by atoms with Gasteiger partial charge in [-0.1, -0.05) is 5.21 Å². The molecule has 0 radical (unpaired) electrons. The van der Waals surface area contributed by atoms with Crippen LogP contribution in [0.4, 0.5) is 4.39 Å². The van der Waals surface area contributed by atoms with Gasteiger partial charge in [0.05, 0.1) is 17.9 Å². The Morgan fingerprint density at radius 3 is 2.88 bits per heavy atom. The predicted octanol–water partition coefficient (Wildman–Crippen LogP) is 1.35. The third-order valence-corrected chi connectivity index (χ3v) is 2.18. The van der Waals surface area contributed by atoms with E-state index in [0.29, 0.717) is 11.3 Å². The molecular weight excluding hydrogens is 209 g/mol. The second kappa shape index (κ2) is 3.34. The monoisotopic (exact) mass is 215 g/mol. The minimum Gasteiger partial charge on any atom is -0.262 e. The molecule has 5 nitrogen and oxygen atoms in total. The maximum Gasteiger partial charge on any atom is 0.155 e. The van der Waals surface area contributed by atoms with Gasteiger partial charge in [-0.3, -0.25) is 4.98 Å². The Kier molecular flexibility index (Phi) is 1.86. The molecular formula is C10H6FN5. The van der Waals surface area contributed by atoms with E-state index in [1.54, 1.807) is 24.5 Å². The fraction of sp³-hybridized carbons (Fsp3) is 0. The van der Waals surface area contributed by atoms with Crippen LogP contribution in [0.15, 0.2) is 36.8 Å². The van der Waals surface area contributed by atoms with Gasteiger partial charge >= 0.3 is 0 Å². The number of aromatic nitrogens is 5. The molecule has 0 saturated carbocycles. The summed E-state index contributed by atoms with van der Waals surface area (Å²) < 4.78 is 14.3. The molecule has 0 spiro atoms. The largest absolute Gasteiger partial charge is 0.262 e. The maximum absolute atomic E-state index is 12.7. The third-order valence-electron chi connectivity index (χ3n) is 2.18. The number of fused-ring (bicyclic) bond motifs is 1. The minimum atomic E-state index is -0.380. The SMILES string of the molecule is Fc1ccc(-n2nnc3cnccc32)nc1. The quantitative estimate of drug-likeness (QED) is 0.614. The van der Waals surface area contributed by atoms with Crippen molar-refractivity contribution in [3.05, 3.63) is 42.6 Å². The highest BCUT2D eigenvalue weighted by molar-refractivity contribution is 5.74. The van der Waals surface area contributed by atoms with Crippen LogP contribution in [0.3, 0.4) is 0 Å². The van der Waals surface area contributed by atoms with Gasteiger partial charge in [0.2, 0.25) is 0 Å². The number of hydrogen-bond donors (Lipinski definition) is 0. The van der Waals surface area contributed by atoms with Crippen LogP contribution in [0.5, 0.6) is 0 Å². The topological polar surface area (TPSA) is 56.5 Å². The van der Waals surface area contributed by atoms with E-state index < -0.39 is 0 Å². The van der Waals surface area contributed by atoms with Gasteiger partial charge in [-0.15, -0.1) is 5.10 Å². The van der Waals surface area contributed by atoms with E-state index in [4.69, 9.17) is 0 Å². The molecule has 0 N–H and O–H groups in total. The van der Waals surface area contributed by atoms with E-state index in [-0.39, 0.29) is 5.82 Å². The van der Waals surface area contributed by atoms with Gasteiger partial charge in [0.15, 0.2) is 5.82 Å². The van der Waals surface area contributed by atoms with E-state index in [2.05, 4.69) is 20.3 Å². The van der Waals surface area contributed by atoms with Crippen LogP contribution >= 0.6 is 0 Å². The molecule has 0 bridgehead atoms. The molecule has 16 heavy (non-hydrogen) atoms. The van der Waals surface area contributed by atoms with E-state index >= 15 is 0 Å². The number of pyridine rings is 2. The molecule has 3 aromatic heterocycles. The Morgan fingerprint density at radius 1 is 1.12 bits per heavy atom. The molecule has 0 atom stereocenters. The fourth-order valence-corrected chi connectivity index (χ4v) is 1.44. The Labute approximate surface area is 89.6 Å². The van der Waals surface area contributed by atoms with Crippen LogP contribution in [0.1, 0.15) is 0 Å². The summed E-state index contributed by atoms with van der Waals surface area (Å²) in [5, 5.41) is 7.87. The molecule has 0 unspecified atom stereocenters. The van der Waals surface area contributed by atoms with Gasteiger partial charge in [0.1, 0.15) is 11.3 Å². The van der Waals surface area contributed by atoms with E-state index in [1.165, 1.54) is 10.7 Å². The van der Waals surface area contributed by atoms with Crippen molar-refractivity contribution in [1.82, 2.24) is 25.0 Å². The zero-order chi connectivity index (χ0) is 11.0. The van der Waals surface area contributed by atoms with Crippen molar-refractivity contribution in [2.24, 2.45) is 0 Å². The van der Waals surface area contributed by atoms with Crippen LogP contribution in [-0.4, -0.2) is 25.0 Å². The zero-order valence-corrected chi connectivity index (χ0v) is 8.08. The van der Waals surface area contributed by atoms with Gasteiger partial charge in [-0.05, 0) is 18.2 Å². The Hall–Kier alpha value is -2.37. The predicted molar refractivity (Wildman–Crippen MR) is 54.4 cm³/mol. The summed E-state index contributed by atoms with van der Waals surface area (Å²) in [6.45, 7) is 0. The molecule has 3 rings (SSSR count). The van der Waals surface area contributed by atoms with E-state index in [9.17, 15) is 4.39 Å². The van der Waals surface area contributed by atoms with Gasteiger partial charge in [0.25, 0.3) is 0 Å². The smallest absolute Gasteiger partial charge is 0.155 e. The first-order valence-electron chi connectivity index (χ1n) is 4.62. The average molecular weight is 215 g/mol. The molecule has 3 heterocycles. The summed E-state index contributed by atoms with van der Waals surface area (Å²) in [6, 6.07) is 4.65. The molecule has 0 aromatic carbocycles. The van der Waals surface area contributed by atoms with Crippen molar-refractivity contribution in [3.8, 4) is 5.82 Å². The highest BCUT2D eigenvalue weighted by Crippen LogP contribution is 2.12. The van der Waals surface area contributed by atoms with E-state index in [1.807, 2.05) is 0 Å². The Balaban J connectivity index is 2.22.